The molecule has 0 saturated carbocycles. The maximum atomic E-state index is 6.49. The van der Waals surface area contributed by atoms with E-state index < -0.39 is 0 Å². The highest BCUT2D eigenvalue weighted by atomic mass is 35.5. The van der Waals surface area contributed by atoms with Gasteiger partial charge in [-0.15, -0.1) is 11.6 Å². The van der Waals surface area contributed by atoms with Gasteiger partial charge in [0.1, 0.15) is 11.5 Å². The number of benzene rings is 1. The topological polar surface area (TPSA) is 18.5 Å². The summed E-state index contributed by atoms with van der Waals surface area (Å²) >= 11 is 6.49. The average molecular weight is 271 g/mol. The molecule has 0 fully saturated rings. The van der Waals surface area contributed by atoms with Crippen molar-refractivity contribution in [2.75, 3.05) is 14.2 Å². The molecule has 1 aromatic carbocycles. The minimum absolute atomic E-state index is 0.0470. The van der Waals surface area contributed by atoms with Gasteiger partial charge in [-0.25, -0.2) is 0 Å². The fourth-order valence-corrected chi connectivity index (χ4v) is 2.08. The summed E-state index contributed by atoms with van der Waals surface area (Å²) in [7, 11) is 3.32. The van der Waals surface area contributed by atoms with E-state index in [0.29, 0.717) is 5.41 Å². The number of ether oxygens (including phenoxy) is 2. The van der Waals surface area contributed by atoms with Crippen LogP contribution in [0.25, 0.3) is 0 Å². The zero-order chi connectivity index (χ0) is 13.8. The van der Waals surface area contributed by atoms with E-state index in [4.69, 9.17) is 21.1 Å². The number of rotatable bonds is 5. The second-order valence-electron chi connectivity index (χ2n) is 5.67. The van der Waals surface area contributed by atoms with Crippen LogP contribution in [0.2, 0.25) is 0 Å². The van der Waals surface area contributed by atoms with E-state index in [2.05, 4.69) is 20.8 Å². The van der Waals surface area contributed by atoms with Crippen molar-refractivity contribution < 1.29 is 9.47 Å². The second kappa shape index (κ2) is 6.33. The first-order valence-electron chi connectivity index (χ1n) is 6.23. The van der Waals surface area contributed by atoms with Gasteiger partial charge in [0.2, 0.25) is 0 Å². The van der Waals surface area contributed by atoms with Crippen LogP contribution in [-0.2, 0) is 0 Å². The Bertz CT molecular complexity index is 383. The molecule has 0 aliphatic carbocycles. The molecular weight excluding hydrogens is 248 g/mol. The lowest BCUT2D eigenvalue weighted by Crippen LogP contribution is -2.06. The number of hydrogen-bond acceptors (Lipinski definition) is 2. The minimum Gasteiger partial charge on any atom is -0.497 e. The molecule has 1 atom stereocenters. The zero-order valence-corrected chi connectivity index (χ0v) is 12.7. The molecule has 0 heterocycles. The minimum atomic E-state index is -0.0470. The van der Waals surface area contributed by atoms with E-state index in [1.807, 2.05) is 18.2 Å². The Morgan fingerprint density at radius 1 is 1.17 bits per heavy atom. The lowest BCUT2D eigenvalue weighted by atomic mass is 9.88. The third kappa shape index (κ3) is 4.41. The summed E-state index contributed by atoms with van der Waals surface area (Å²) in [5.41, 5.74) is 1.29. The van der Waals surface area contributed by atoms with Crippen molar-refractivity contribution >= 4 is 11.6 Å². The van der Waals surface area contributed by atoms with Crippen LogP contribution in [0.15, 0.2) is 18.2 Å². The van der Waals surface area contributed by atoms with Gasteiger partial charge >= 0.3 is 0 Å². The molecule has 3 heteroatoms. The lowest BCUT2D eigenvalue weighted by Gasteiger charge is -2.21. The van der Waals surface area contributed by atoms with Crippen molar-refractivity contribution in [3.8, 4) is 11.5 Å². The highest BCUT2D eigenvalue weighted by molar-refractivity contribution is 6.21. The fourth-order valence-electron chi connectivity index (χ4n) is 1.80. The molecular formula is C15H23ClO2. The SMILES string of the molecule is COc1ccc(OC)c(C(Cl)CCC(C)(C)C)c1. The van der Waals surface area contributed by atoms with Crippen LogP contribution >= 0.6 is 11.6 Å². The molecule has 0 aliphatic rings. The smallest absolute Gasteiger partial charge is 0.123 e. The molecule has 0 aliphatic heterocycles. The summed E-state index contributed by atoms with van der Waals surface area (Å²) in [6, 6.07) is 5.75. The number of halogens is 1. The molecule has 0 bridgehead atoms. The van der Waals surface area contributed by atoms with Crippen LogP contribution in [0, 0.1) is 5.41 Å². The van der Waals surface area contributed by atoms with Gasteiger partial charge in [0.25, 0.3) is 0 Å². The molecule has 0 radical (unpaired) electrons. The van der Waals surface area contributed by atoms with Crippen LogP contribution in [-0.4, -0.2) is 14.2 Å². The van der Waals surface area contributed by atoms with Gasteiger partial charge in [-0.3, -0.25) is 0 Å². The Labute approximate surface area is 115 Å². The zero-order valence-electron chi connectivity index (χ0n) is 11.9. The van der Waals surface area contributed by atoms with Crippen molar-refractivity contribution in [1.82, 2.24) is 0 Å². The maximum Gasteiger partial charge on any atom is 0.123 e. The van der Waals surface area contributed by atoms with E-state index in [9.17, 15) is 0 Å². The summed E-state index contributed by atoms with van der Waals surface area (Å²) in [6.45, 7) is 6.66. The van der Waals surface area contributed by atoms with Crippen LogP contribution in [0.1, 0.15) is 44.6 Å². The molecule has 1 rings (SSSR count). The molecule has 0 N–H and O–H groups in total. The van der Waals surface area contributed by atoms with Gasteiger partial charge in [-0.2, -0.15) is 0 Å². The van der Waals surface area contributed by atoms with Crippen molar-refractivity contribution in [2.45, 2.75) is 39.0 Å². The van der Waals surface area contributed by atoms with Crippen molar-refractivity contribution in [2.24, 2.45) is 5.41 Å². The molecule has 0 aromatic heterocycles. The van der Waals surface area contributed by atoms with E-state index >= 15 is 0 Å². The first-order valence-corrected chi connectivity index (χ1v) is 6.67. The molecule has 0 amide bonds. The van der Waals surface area contributed by atoms with Gasteiger partial charge in [0.05, 0.1) is 19.6 Å². The van der Waals surface area contributed by atoms with Gasteiger partial charge < -0.3 is 9.47 Å². The summed E-state index contributed by atoms with van der Waals surface area (Å²) in [5.74, 6) is 1.64. The molecule has 18 heavy (non-hydrogen) atoms. The van der Waals surface area contributed by atoms with Gasteiger partial charge in [-0.1, -0.05) is 20.8 Å². The Morgan fingerprint density at radius 3 is 2.33 bits per heavy atom. The van der Waals surface area contributed by atoms with Crippen LogP contribution in [0.5, 0.6) is 11.5 Å². The number of hydrogen-bond donors (Lipinski definition) is 0. The molecule has 1 aromatic rings. The predicted molar refractivity (Wildman–Crippen MR) is 76.8 cm³/mol. The third-order valence-electron chi connectivity index (χ3n) is 2.92. The molecule has 0 spiro atoms. The summed E-state index contributed by atoms with van der Waals surface area (Å²) in [4.78, 5) is 0. The van der Waals surface area contributed by atoms with E-state index in [1.54, 1.807) is 14.2 Å². The number of methoxy groups -OCH3 is 2. The van der Waals surface area contributed by atoms with Crippen molar-refractivity contribution in [3.05, 3.63) is 23.8 Å². The average Bonchev–Trinajstić information content (AvgIpc) is 2.34. The second-order valence-corrected chi connectivity index (χ2v) is 6.20. The van der Waals surface area contributed by atoms with Crippen LogP contribution < -0.4 is 9.47 Å². The highest BCUT2D eigenvalue weighted by Gasteiger charge is 2.18. The van der Waals surface area contributed by atoms with Crippen LogP contribution in [0.4, 0.5) is 0 Å². The maximum absolute atomic E-state index is 6.49. The van der Waals surface area contributed by atoms with E-state index in [0.717, 1.165) is 29.9 Å². The van der Waals surface area contributed by atoms with Gasteiger partial charge in [0, 0.05) is 5.56 Å². The summed E-state index contributed by atoms with van der Waals surface area (Å²) in [5, 5.41) is -0.0470. The van der Waals surface area contributed by atoms with E-state index in [-0.39, 0.29) is 5.38 Å². The molecule has 1 unspecified atom stereocenters. The van der Waals surface area contributed by atoms with Gasteiger partial charge in [0.15, 0.2) is 0 Å². The Hall–Kier alpha value is -0.890. The summed E-state index contributed by atoms with van der Waals surface area (Å²) < 4.78 is 10.6. The summed E-state index contributed by atoms with van der Waals surface area (Å²) in [6.07, 6.45) is 2.00. The first kappa shape index (κ1) is 15.2. The molecule has 102 valence electrons. The Morgan fingerprint density at radius 2 is 1.83 bits per heavy atom. The monoisotopic (exact) mass is 270 g/mol. The lowest BCUT2D eigenvalue weighted by molar-refractivity contribution is 0.358. The first-order chi connectivity index (χ1) is 8.37. The quantitative estimate of drug-likeness (QED) is 0.715. The van der Waals surface area contributed by atoms with Crippen LogP contribution in [0.3, 0.4) is 0 Å². The number of alkyl halides is 1. The highest BCUT2D eigenvalue weighted by Crippen LogP contribution is 2.37. The largest absolute Gasteiger partial charge is 0.497 e. The Kier molecular flexibility index (Phi) is 5.33. The fraction of sp³-hybridized carbons (Fsp3) is 0.600. The third-order valence-corrected chi connectivity index (χ3v) is 3.38. The van der Waals surface area contributed by atoms with Crippen molar-refractivity contribution in [3.63, 3.8) is 0 Å². The predicted octanol–water partition coefficient (Wildman–Crippen LogP) is 4.81. The van der Waals surface area contributed by atoms with Crippen molar-refractivity contribution in [1.29, 1.82) is 0 Å². The normalized spacial score (nSPS) is 13.2. The Balaban J connectivity index is 2.85. The molecule has 0 saturated heterocycles. The van der Waals surface area contributed by atoms with Gasteiger partial charge in [-0.05, 0) is 36.5 Å². The molecule has 2 nitrogen and oxygen atoms in total. The van der Waals surface area contributed by atoms with E-state index in [1.165, 1.54) is 0 Å². The standard InChI is InChI=1S/C15H23ClO2/c1-15(2,3)9-8-13(16)12-10-11(17-4)6-7-14(12)18-5/h6-7,10,13H,8-9H2,1-5H3.